The van der Waals surface area contributed by atoms with Gasteiger partial charge in [-0.15, -0.1) is 0 Å². The fourth-order valence-corrected chi connectivity index (χ4v) is 6.43. The van der Waals surface area contributed by atoms with Crippen molar-refractivity contribution in [1.82, 2.24) is 0 Å². The van der Waals surface area contributed by atoms with Gasteiger partial charge in [-0.3, -0.25) is 0 Å². The minimum absolute atomic E-state index is 0.00196. The highest BCUT2D eigenvalue weighted by Gasteiger charge is 2.75. The number of hydrogen-bond acceptors (Lipinski definition) is 8. The van der Waals surface area contributed by atoms with Crippen LogP contribution in [0.5, 0.6) is 11.5 Å². The predicted octanol–water partition coefficient (Wildman–Crippen LogP) is 3.22. The summed E-state index contributed by atoms with van der Waals surface area (Å²) < 4.78 is 43.3. The number of aliphatic hydroxyl groups is 1. The van der Waals surface area contributed by atoms with Crippen LogP contribution in [0.1, 0.15) is 33.6 Å². The molecule has 0 radical (unpaired) electrons. The van der Waals surface area contributed by atoms with Gasteiger partial charge in [0, 0.05) is 6.61 Å². The van der Waals surface area contributed by atoms with E-state index in [-0.39, 0.29) is 11.6 Å². The van der Waals surface area contributed by atoms with Crippen LogP contribution in [-0.2, 0) is 23.4 Å². The van der Waals surface area contributed by atoms with Crippen molar-refractivity contribution in [1.29, 1.82) is 0 Å². The maximum Gasteiger partial charge on any atom is 0.320 e. The zero-order valence-corrected chi connectivity index (χ0v) is 21.3. The summed E-state index contributed by atoms with van der Waals surface area (Å²) in [6.07, 6.45) is -1.21. The fourth-order valence-electron chi connectivity index (χ4n) is 5.14. The third-order valence-corrected chi connectivity index (χ3v) is 12.4. The van der Waals surface area contributed by atoms with Gasteiger partial charge in [-0.05, 0) is 55.2 Å². The third kappa shape index (κ3) is 3.73. The topological polar surface area (TPSA) is 84.8 Å². The molecule has 0 amide bonds. The number of methoxy groups -OCH3 is 1. The standard InChI is InChI=1S/C24H36O8Si/c1-22(2,3)33(5,6)32-19-18-17(25)20-23(12-7-13-28-23)21(19)31-24(29-18,30-20)14-27-16-10-8-15(26-4)9-11-16/h8-11,17-21,25H,7,12-14H2,1-6H3/t17-,18-,19-,20+,21-,23+,24+/m0/s1. The van der Waals surface area contributed by atoms with Gasteiger partial charge in [-0.2, -0.15) is 0 Å². The Morgan fingerprint density at radius 1 is 1.06 bits per heavy atom. The first-order valence-corrected chi connectivity index (χ1v) is 14.7. The number of ether oxygens (including phenoxy) is 6. The summed E-state index contributed by atoms with van der Waals surface area (Å²) in [6, 6.07) is 7.29. The van der Waals surface area contributed by atoms with Crippen LogP contribution in [0, 0.1) is 0 Å². The molecule has 9 heteroatoms. The monoisotopic (exact) mass is 480 g/mol. The van der Waals surface area contributed by atoms with Crippen LogP contribution in [0.25, 0.3) is 0 Å². The maximum absolute atomic E-state index is 11.3. The van der Waals surface area contributed by atoms with Gasteiger partial charge < -0.3 is 38.0 Å². The van der Waals surface area contributed by atoms with Gasteiger partial charge in [0.05, 0.1) is 7.11 Å². The first kappa shape index (κ1) is 23.5. The molecule has 6 rings (SSSR count). The van der Waals surface area contributed by atoms with Crippen LogP contribution >= 0.6 is 0 Å². The summed E-state index contributed by atoms with van der Waals surface area (Å²) in [7, 11) is -0.557. The van der Waals surface area contributed by atoms with Crippen LogP contribution < -0.4 is 9.47 Å². The molecule has 4 heterocycles. The lowest BCUT2D eigenvalue weighted by atomic mass is 9.71. The van der Waals surface area contributed by atoms with Crippen LogP contribution in [-0.4, -0.2) is 75.8 Å². The Morgan fingerprint density at radius 2 is 1.73 bits per heavy atom. The molecule has 4 saturated heterocycles. The zero-order chi connectivity index (χ0) is 23.6. The Balaban J connectivity index is 1.41. The molecule has 7 atom stereocenters. The average Bonchev–Trinajstić information content (AvgIpc) is 3.25. The third-order valence-electron chi connectivity index (χ3n) is 7.96. The van der Waals surface area contributed by atoms with E-state index in [1.165, 1.54) is 0 Å². The molecule has 1 N–H and O–H groups in total. The quantitative estimate of drug-likeness (QED) is 0.622. The van der Waals surface area contributed by atoms with Gasteiger partial charge in [0.1, 0.15) is 47.6 Å². The Hall–Kier alpha value is -1.20. The number of aliphatic hydroxyl groups excluding tert-OH is 1. The molecule has 33 heavy (non-hydrogen) atoms. The van der Waals surface area contributed by atoms with Gasteiger partial charge >= 0.3 is 5.97 Å². The molecule has 0 unspecified atom stereocenters. The molecule has 4 bridgehead atoms. The molecular formula is C24H36O8Si. The average molecular weight is 481 g/mol. The summed E-state index contributed by atoms with van der Waals surface area (Å²) >= 11 is 0. The number of benzene rings is 1. The van der Waals surface area contributed by atoms with Crippen molar-refractivity contribution >= 4 is 8.32 Å². The minimum Gasteiger partial charge on any atom is -0.497 e. The minimum atomic E-state index is -2.18. The highest BCUT2D eigenvalue weighted by atomic mass is 28.4. The normalized spacial score (nSPS) is 39.9. The van der Waals surface area contributed by atoms with Gasteiger partial charge in [0.25, 0.3) is 0 Å². The van der Waals surface area contributed by atoms with Crippen LogP contribution in [0.4, 0.5) is 0 Å². The molecule has 1 aromatic rings. The highest BCUT2D eigenvalue weighted by molar-refractivity contribution is 6.74. The van der Waals surface area contributed by atoms with E-state index in [0.29, 0.717) is 12.4 Å². The van der Waals surface area contributed by atoms with Crippen LogP contribution in [0.15, 0.2) is 24.3 Å². The van der Waals surface area contributed by atoms with Crippen molar-refractivity contribution in [2.45, 2.75) is 93.8 Å². The zero-order valence-electron chi connectivity index (χ0n) is 20.3. The van der Waals surface area contributed by atoms with Crippen molar-refractivity contribution in [3.05, 3.63) is 24.3 Å². The van der Waals surface area contributed by atoms with Crippen molar-refractivity contribution in [2.24, 2.45) is 0 Å². The van der Waals surface area contributed by atoms with Crippen LogP contribution in [0.2, 0.25) is 18.1 Å². The lowest BCUT2D eigenvalue weighted by Crippen LogP contribution is -2.84. The van der Waals surface area contributed by atoms with Crippen molar-refractivity contribution in [2.75, 3.05) is 20.3 Å². The molecule has 1 aliphatic carbocycles. The van der Waals surface area contributed by atoms with E-state index in [0.717, 1.165) is 18.6 Å². The molecule has 5 fully saturated rings. The van der Waals surface area contributed by atoms with Crippen LogP contribution in [0.3, 0.4) is 0 Å². The SMILES string of the molecule is COc1ccc(OC[C@@]23O[C@H]4[C@H](O)[C@@H](O2)[C@]2(CCCO2)[C@@H](O3)[C@H]4O[Si](C)(C)C(C)(C)C)cc1. The Kier molecular flexibility index (Phi) is 5.64. The van der Waals surface area contributed by atoms with Crippen molar-refractivity contribution in [3.63, 3.8) is 0 Å². The second-order valence-electron chi connectivity index (χ2n) is 11.0. The largest absolute Gasteiger partial charge is 0.497 e. The van der Waals surface area contributed by atoms with E-state index in [1.807, 2.05) is 24.3 Å². The lowest BCUT2D eigenvalue weighted by molar-refractivity contribution is -0.553. The van der Waals surface area contributed by atoms with Crippen molar-refractivity contribution < 1.29 is 38.0 Å². The second-order valence-corrected chi connectivity index (χ2v) is 15.8. The summed E-state index contributed by atoms with van der Waals surface area (Å²) in [5.74, 6) is -0.0253. The number of hydrogen-bond donors (Lipinski definition) is 1. The summed E-state index contributed by atoms with van der Waals surface area (Å²) in [5, 5.41) is 11.3. The summed E-state index contributed by atoms with van der Waals surface area (Å²) in [4.78, 5) is 0. The van der Waals surface area contributed by atoms with Gasteiger partial charge in [0.15, 0.2) is 14.9 Å². The maximum atomic E-state index is 11.3. The van der Waals surface area contributed by atoms with E-state index in [2.05, 4.69) is 33.9 Å². The lowest BCUT2D eigenvalue weighted by Gasteiger charge is -2.66. The molecule has 4 aliphatic heterocycles. The molecule has 5 aliphatic rings. The van der Waals surface area contributed by atoms with E-state index < -0.39 is 50.4 Å². The van der Waals surface area contributed by atoms with E-state index in [1.54, 1.807) is 7.11 Å². The molecule has 1 spiro atoms. The van der Waals surface area contributed by atoms with Gasteiger partial charge in [-0.25, -0.2) is 0 Å². The molecule has 184 valence electrons. The van der Waals surface area contributed by atoms with Crippen molar-refractivity contribution in [3.8, 4) is 11.5 Å². The van der Waals surface area contributed by atoms with E-state index in [4.69, 9.17) is 32.8 Å². The highest BCUT2D eigenvalue weighted by Crippen LogP contribution is 2.56. The van der Waals surface area contributed by atoms with Gasteiger partial charge in [-0.1, -0.05) is 20.8 Å². The fraction of sp³-hybridized carbons (Fsp3) is 0.750. The first-order chi connectivity index (χ1) is 15.5. The molecule has 1 saturated carbocycles. The first-order valence-electron chi connectivity index (χ1n) is 11.8. The molecule has 8 nitrogen and oxygen atoms in total. The molecule has 0 aromatic heterocycles. The van der Waals surface area contributed by atoms with Gasteiger partial charge in [0.2, 0.25) is 0 Å². The van der Waals surface area contributed by atoms with E-state index >= 15 is 0 Å². The Morgan fingerprint density at radius 3 is 2.33 bits per heavy atom. The molecule has 1 aromatic carbocycles. The smallest absolute Gasteiger partial charge is 0.320 e. The Bertz CT molecular complexity index is 862. The second kappa shape index (κ2) is 7.91. The summed E-state index contributed by atoms with van der Waals surface area (Å²) in [6.45, 7) is 11.6. The van der Waals surface area contributed by atoms with E-state index in [9.17, 15) is 5.11 Å². The number of rotatable bonds is 6. The predicted molar refractivity (Wildman–Crippen MR) is 122 cm³/mol. The Labute approximate surface area is 196 Å². The summed E-state index contributed by atoms with van der Waals surface area (Å²) in [5.41, 5.74) is -0.740. The molecular weight excluding hydrogens is 444 g/mol.